The van der Waals surface area contributed by atoms with Crippen molar-refractivity contribution in [1.29, 1.82) is 5.26 Å². The van der Waals surface area contributed by atoms with Gasteiger partial charge < -0.3 is 25.2 Å². The lowest BCUT2D eigenvalue weighted by Crippen LogP contribution is -2.44. The van der Waals surface area contributed by atoms with Crippen LogP contribution < -0.4 is 10.6 Å². The zero-order chi connectivity index (χ0) is 21.1. The van der Waals surface area contributed by atoms with E-state index >= 15 is 0 Å². The molecule has 0 amide bonds. The van der Waals surface area contributed by atoms with Gasteiger partial charge in [0.25, 0.3) is 0 Å². The third-order valence-electron chi connectivity index (χ3n) is 5.71. The number of benzene rings is 1. The van der Waals surface area contributed by atoms with Crippen molar-refractivity contribution in [2.24, 2.45) is 7.05 Å². The Kier molecular flexibility index (Phi) is 5.84. The highest BCUT2D eigenvalue weighted by molar-refractivity contribution is 5.99. The summed E-state index contributed by atoms with van der Waals surface area (Å²) in [6, 6.07) is 9.20. The first-order valence-corrected chi connectivity index (χ1v) is 10.3. The number of aromatic hydroxyl groups is 1. The van der Waals surface area contributed by atoms with Crippen molar-refractivity contribution in [3.63, 3.8) is 0 Å². The predicted molar refractivity (Wildman–Crippen MR) is 117 cm³/mol. The van der Waals surface area contributed by atoms with E-state index in [1.807, 2.05) is 37.0 Å². The maximum absolute atomic E-state index is 10.4. The van der Waals surface area contributed by atoms with Gasteiger partial charge in [-0.25, -0.2) is 0 Å². The lowest BCUT2D eigenvalue weighted by Gasteiger charge is -2.33. The number of likely N-dealkylation sites (N-methyl/N-ethyl adjacent to an activating group) is 1. The normalized spacial score (nSPS) is 17.2. The van der Waals surface area contributed by atoms with Gasteiger partial charge >= 0.3 is 0 Å². The van der Waals surface area contributed by atoms with Crippen LogP contribution in [0, 0.1) is 11.3 Å². The molecule has 2 aromatic heterocycles. The first kappa shape index (κ1) is 20.1. The minimum absolute atomic E-state index is 0.0293. The average molecular weight is 406 g/mol. The topological polar surface area (TPSA) is 102 Å². The molecular formula is C22H27N7O. The van der Waals surface area contributed by atoms with E-state index in [0.717, 1.165) is 55.7 Å². The largest absolute Gasteiger partial charge is 0.507 e. The zero-order valence-electron chi connectivity index (χ0n) is 17.4. The Morgan fingerprint density at radius 1 is 1.30 bits per heavy atom. The van der Waals surface area contributed by atoms with Gasteiger partial charge in [-0.05, 0) is 50.7 Å². The quantitative estimate of drug-likeness (QED) is 0.578. The summed E-state index contributed by atoms with van der Waals surface area (Å²) in [4.78, 5) is 2.47. The number of hydrogen-bond acceptors (Lipinski definition) is 7. The molecule has 1 aliphatic rings. The minimum atomic E-state index is 0.0293. The Morgan fingerprint density at radius 2 is 2.17 bits per heavy atom. The average Bonchev–Trinajstić information content (AvgIpc) is 3.15. The van der Waals surface area contributed by atoms with Crippen LogP contribution >= 0.6 is 0 Å². The number of rotatable bonds is 6. The van der Waals surface area contributed by atoms with Gasteiger partial charge in [-0.1, -0.05) is 0 Å². The summed E-state index contributed by atoms with van der Waals surface area (Å²) in [7, 11) is 3.96. The smallest absolute Gasteiger partial charge is 0.173 e. The van der Waals surface area contributed by atoms with Crippen molar-refractivity contribution in [2.75, 3.05) is 38.5 Å². The summed E-state index contributed by atoms with van der Waals surface area (Å²) in [5.41, 5.74) is 2.54. The molecule has 0 bridgehead atoms. The molecule has 0 saturated carbocycles. The Bertz CT molecular complexity index is 1090. The molecule has 1 aliphatic heterocycles. The number of likely N-dealkylation sites (tertiary alicyclic amines) is 1. The number of phenols is 1. The van der Waals surface area contributed by atoms with Crippen LogP contribution in [0.5, 0.6) is 5.75 Å². The molecule has 3 aromatic rings. The predicted octanol–water partition coefficient (Wildman–Crippen LogP) is 2.31. The molecule has 4 rings (SSSR count). The first-order chi connectivity index (χ1) is 14.6. The molecule has 1 fully saturated rings. The van der Waals surface area contributed by atoms with Gasteiger partial charge in [-0.3, -0.25) is 0 Å². The second-order valence-corrected chi connectivity index (χ2v) is 7.82. The number of nitrogens with zero attached hydrogens (tertiary/aromatic N) is 5. The Morgan fingerprint density at radius 3 is 2.93 bits per heavy atom. The van der Waals surface area contributed by atoms with Crippen LogP contribution in [-0.4, -0.2) is 64.0 Å². The lowest BCUT2D eigenvalue weighted by molar-refractivity contribution is 0.218. The van der Waals surface area contributed by atoms with E-state index in [1.165, 1.54) is 6.07 Å². The van der Waals surface area contributed by atoms with Crippen LogP contribution in [0.1, 0.15) is 18.4 Å². The SMILES string of the molecule is CNCCN1CCC[C@@H](Nc2nnc(-c3ccc(C#N)cc3O)c3ccn(C)c23)C1. The lowest BCUT2D eigenvalue weighted by atomic mass is 10.0. The van der Waals surface area contributed by atoms with E-state index in [-0.39, 0.29) is 5.75 Å². The molecule has 1 saturated heterocycles. The highest BCUT2D eigenvalue weighted by Gasteiger charge is 2.22. The fraction of sp³-hybridized carbons (Fsp3) is 0.409. The van der Waals surface area contributed by atoms with Gasteiger partial charge in [0.2, 0.25) is 0 Å². The minimum Gasteiger partial charge on any atom is -0.507 e. The fourth-order valence-electron chi connectivity index (χ4n) is 4.15. The maximum atomic E-state index is 10.4. The summed E-state index contributed by atoms with van der Waals surface area (Å²) >= 11 is 0. The Balaban J connectivity index is 1.65. The number of piperidine rings is 1. The second kappa shape index (κ2) is 8.69. The van der Waals surface area contributed by atoms with Crippen molar-refractivity contribution >= 4 is 16.7 Å². The first-order valence-electron chi connectivity index (χ1n) is 10.3. The molecule has 156 valence electrons. The number of fused-ring (bicyclic) bond motifs is 1. The standard InChI is InChI=1S/C22H27N7O/c1-24-8-11-29-9-3-4-16(14-29)25-22-21-18(7-10-28(21)2)20(26-27-22)17-6-5-15(13-23)12-19(17)30/h5-7,10,12,16,24,30H,3-4,8-9,11,14H2,1-2H3,(H,25,27)/t16-/m1/s1. The van der Waals surface area contributed by atoms with E-state index in [0.29, 0.717) is 22.9 Å². The molecule has 0 spiro atoms. The van der Waals surface area contributed by atoms with E-state index in [9.17, 15) is 5.11 Å². The maximum Gasteiger partial charge on any atom is 0.173 e. The van der Waals surface area contributed by atoms with Crippen molar-refractivity contribution < 1.29 is 5.11 Å². The van der Waals surface area contributed by atoms with Crippen LogP contribution in [-0.2, 0) is 7.05 Å². The van der Waals surface area contributed by atoms with Crippen molar-refractivity contribution in [3.05, 3.63) is 36.0 Å². The highest BCUT2D eigenvalue weighted by atomic mass is 16.3. The Hall–Kier alpha value is -3.15. The molecule has 0 aliphatic carbocycles. The van der Waals surface area contributed by atoms with Gasteiger partial charge in [0, 0.05) is 49.9 Å². The zero-order valence-corrected chi connectivity index (χ0v) is 17.4. The number of nitriles is 1. The number of hydrogen-bond donors (Lipinski definition) is 3. The molecule has 3 N–H and O–H groups in total. The molecule has 0 radical (unpaired) electrons. The number of phenolic OH excluding ortho intramolecular Hbond substituents is 1. The highest BCUT2D eigenvalue weighted by Crippen LogP contribution is 2.35. The summed E-state index contributed by atoms with van der Waals surface area (Å²) < 4.78 is 2.03. The summed E-state index contributed by atoms with van der Waals surface area (Å²) in [6.07, 6.45) is 4.23. The van der Waals surface area contributed by atoms with E-state index in [1.54, 1.807) is 12.1 Å². The molecule has 3 heterocycles. The molecule has 8 heteroatoms. The van der Waals surface area contributed by atoms with Crippen molar-refractivity contribution in [3.8, 4) is 23.1 Å². The van der Waals surface area contributed by atoms with Crippen LogP contribution in [0.15, 0.2) is 30.5 Å². The van der Waals surface area contributed by atoms with E-state index < -0.39 is 0 Å². The summed E-state index contributed by atoms with van der Waals surface area (Å²) in [5, 5.41) is 36.1. The van der Waals surface area contributed by atoms with Crippen molar-refractivity contribution in [2.45, 2.75) is 18.9 Å². The molecule has 30 heavy (non-hydrogen) atoms. The van der Waals surface area contributed by atoms with E-state index in [4.69, 9.17) is 5.26 Å². The van der Waals surface area contributed by atoms with E-state index in [2.05, 4.69) is 25.7 Å². The number of nitrogens with one attached hydrogen (secondary N) is 2. The van der Waals surface area contributed by atoms with Gasteiger partial charge in [-0.2, -0.15) is 5.26 Å². The molecular weight excluding hydrogens is 378 g/mol. The monoisotopic (exact) mass is 405 g/mol. The van der Waals surface area contributed by atoms with Crippen LogP contribution in [0.4, 0.5) is 5.82 Å². The number of aromatic nitrogens is 3. The van der Waals surface area contributed by atoms with Gasteiger partial charge in [0.1, 0.15) is 11.4 Å². The van der Waals surface area contributed by atoms with Crippen LogP contribution in [0.25, 0.3) is 22.2 Å². The molecule has 1 atom stereocenters. The van der Waals surface area contributed by atoms with Crippen LogP contribution in [0.2, 0.25) is 0 Å². The van der Waals surface area contributed by atoms with Gasteiger partial charge in [-0.15, -0.1) is 10.2 Å². The van der Waals surface area contributed by atoms with Gasteiger partial charge in [0.05, 0.1) is 17.1 Å². The number of aryl methyl sites for hydroxylation is 1. The molecule has 0 unspecified atom stereocenters. The Labute approximate surface area is 176 Å². The third-order valence-corrected chi connectivity index (χ3v) is 5.71. The fourth-order valence-corrected chi connectivity index (χ4v) is 4.15. The summed E-state index contributed by atoms with van der Waals surface area (Å²) in [5.74, 6) is 0.788. The molecule has 8 nitrogen and oxygen atoms in total. The second-order valence-electron chi connectivity index (χ2n) is 7.82. The molecule has 1 aromatic carbocycles. The van der Waals surface area contributed by atoms with Gasteiger partial charge in [0.15, 0.2) is 5.82 Å². The third kappa shape index (κ3) is 3.95. The van der Waals surface area contributed by atoms with Crippen LogP contribution in [0.3, 0.4) is 0 Å². The number of anilines is 1. The summed E-state index contributed by atoms with van der Waals surface area (Å²) in [6.45, 7) is 4.13. The van der Waals surface area contributed by atoms with Crippen molar-refractivity contribution in [1.82, 2.24) is 25.0 Å².